The van der Waals surface area contributed by atoms with Crippen molar-refractivity contribution in [3.05, 3.63) is 0 Å². The summed E-state index contributed by atoms with van der Waals surface area (Å²) >= 11 is 0. The summed E-state index contributed by atoms with van der Waals surface area (Å²) in [4.78, 5) is 143. The second-order valence-electron chi connectivity index (χ2n) is 15.8. The first-order valence-corrected chi connectivity index (χ1v) is 22.5. The SMILES string of the molecule is CC(=O)OCC1OC(OCC(=O)N[C@@H](CCCCN)C(=O)N[C@@H](CCCCN)C(=O)N[C@@H](CCCN=C(N)N)C(=O)NCC(=O)NCC(=O)N[C@@H](CO)C(=O)O)C(OC(C)=O)C(OC(C)=O)C1OC(C)=O. The zero-order valence-corrected chi connectivity index (χ0v) is 40.1. The number of nitrogens with two attached hydrogens (primary N) is 4. The van der Waals surface area contributed by atoms with E-state index in [2.05, 4.69) is 31.6 Å². The zero-order chi connectivity index (χ0) is 53.6. The van der Waals surface area contributed by atoms with Crippen molar-refractivity contribution in [2.75, 3.05) is 52.5 Å². The largest absolute Gasteiger partial charge is 0.480 e. The molecule has 1 aliphatic heterocycles. The molecule has 0 aromatic rings. The minimum atomic E-state index is -1.72. The molecule has 0 spiro atoms. The number of nitrogens with one attached hydrogen (secondary N) is 6. The Labute approximate surface area is 408 Å². The fourth-order valence-electron chi connectivity index (χ4n) is 6.52. The van der Waals surface area contributed by atoms with E-state index >= 15 is 0 Å². The molecule has 0 bridgehead atoms. The van der Waals surface area contributed by atoms with Crippen molar-refractivity contribution >= 4 is 71.2 Å². The number of carboxylic acid groups (broad SMARTS) is 1. The maximum absolute atomic E-state index is 14.0. The van der Waals surface area contributed by atoms with Crippen molar-refractivity contribution in [3.8, 4) is 0 Å². The third-order valence-corrected chi connectivity index (χ3v) is 9.77. The number of aliphatic hydroxyl groups is 1. The molecular weight excluding hydrogens is 951 g/mol. The van der Waals surface area contributed by atoms with Crippen molar-refractivity contribution in [2.45, 2.75) is 134 Å². The fourth-order valence-corrected chi connectivity index (χ4v) is 6.52. The monoisotopic (exact) mass is 1020 g/mol. The zero-order valence-electron chi connectivity index (χ0n) is 40.1. The van der Waals surface area contributed by atoms with Gasteiger partial charge in [0.25, 0.3) is 0 Å². The van der Waals surface area contributed by atoms with Crippen LogP contribution in [-0.2, 0) is 81.2 Å². The van der Waals surface area contributed by atoms with Crippen LogP contribution in [0.15, 0.2) is 4.99 Å². The van der Waals surface area contributed by atoms with Gasteiger partial charge in [-0.25, -0.2) is 4.79 Å². The van der Waals surface area contributed by atoms with Crippen LogP contribution in [0.4, 0.5) is 0 Å². The van der Waals surface area contributed by atoms with Crippen LogP contribution in [0.2, 0.25) is 0 Å². The second-order valence-corrected chi connectivity index (χ2v) is 15.8. The van der Waals surface area contributed by atoms with E-state index in [1.807, 2.05) is 5.32 Å². The Morgan fingerprint density at radius 3 is 1.59 bits per heavy atom. The van der Waals surface area contributed by atoms with E-state index in [1.54, 1.807) is 0 Å². The Balaban J connectivity index is 3.35. The molecule has 16 N–H and O–H groups in total. The minimum absolute atomic E-state index is 0.00389. The van der Waals surface area contributed by atoms with E-state index in [-0.39, 0.29) is 51.3 Å². The van der Waals surface area contributed by atoms with Gasteiger partial charge in [-0.15, -0.1) is 0 Å². The maximum Gasteiger partial charge on any atom is 0.328 e. The molecule has 1 rings (SSSR count). The predicted octanol–water partition coefficient (Wildman–Crippen LogP) is -6.35. The first-order chi connectivity index (χ1) is 33.5. The number of guanidine groups is 1. The summed E-state index contributed by atoms with van der Waals surface area (Å²) in [7, 11) is 0. The number of nitrogens with zero attached hydrogens (tertiary/aromatic N) is 1. The van der Waals surface area contributed by atoms with Crippen LogP contribution in [-0.4, -0.2) is 189 Å². The lowest BCUT2D eigenvalue weighted by Crippen LogP contribution is -2.63. The quantitative estimate of drug-likeness (QED) is 0.00956. The first kappa shape index (κ1) is 62.3. The summed E-state index contributed by atoms with van der Waals surface area (Å²) in [5.41, 5.74) is 22.2. The smallest absolute Gasteiger partial charge is 0.328 e. The number of amides is 6. The van der Waals surface area contributed by atoms with Crippen LogP contribution < -0.4 is 54.8 Å². The lowest BCUT2D eigenvalue weighted by atomic mass is 9.98. The number of esters is 4. The number of aliphatic imine (C=N–C) groups is 1. The van der Waals surface area contributed by atoms with Crippen molar-refractivity contribution in [1.29, 1.82) is 0 Å². The van der Waals surface area contributed by atoms with Crippen LogP contribution in [0, 0.1) is 0 Å². The number of hydrogen-bond acceptors (Lipinski definition) is 21. The molecule has 5 unspecified atom stereocenters. The first-order valence-electron chi connectivity index (χ1n) is 22.5. The van der Waals surface area contributed by atoms with E-state index in [1.165, 1.54) is 0 Å². The molecule has 0 aromatic heterocycles. The molecule has 30 heteroatoms. The van der Waals surface area contributed by atoms with Crippen LogP contribution in [0.3, 0.4) is 0 Å². The standard InChI is InChI=1S/C41H69N11O19/c1-21(54)66-19-29-33(68-22(2)55)34(69-23(3)56)35(70-24(4)57)40(71-29)67-20-32(60)49-26(10-5-7-13-42)37(62)52-27(11-6-8-14-43)38(63)51-25(12-9-15-46-41(44)45)36(61)48-16-30(58)47-17-31(59)50-28(18-53)39(64)65/h25-29,33-35,40,53H,5-20,42-43H2,1-4H3,(H,47,58)(H,48,61)(H,49,60)(H,50,59)(H,51,63)(H,52,62)(H,64,65)(H4,44,45,46)/t25-,26-,27-,28-,29?,33?,34?,35?,40?/m0/s1. The van der Waals surface area contributed by atoms with Gasteiger partial charge in [0.05, 0.1) is 19.7 Å². The molecule has 9 atom stereocenters. The van der Waals surface area contributed by atoms with Crippen molar-refractivity contribution < 1.29 is 91.4 Å². The number of aliphatic carboxylic acids is 1. The van der Waals surface area contributed by atoms with E-state index in [9.17, 15) is 52.7 Å². The summed E-state index contributed by atoms with van der Waals surface area (Å²) in [6, 6.07) is -5.64. The highest BCUT2D eigenvalue weighted by Crippen LogP contribution is 2.30. The van der Waals surface area contributed by atoms with E-state index in [0.29, 0.717) is 25.7 Å². The predicted molar refractivity (Wildman–Crippen MR) is 242 cm³/mol. The third-order valence-electron chi connectivity index (χ3n) is 9.77. The van der Waals surface area contributed by atoms with Crippen molar-refractivity contribution in [1.82, 2.24) is 31.9 Å². The molecule has 1 saturated heterocycles. The van der Waals surface area contributed by atoms with Crippen LogP contribution in [0.25, 0.3) is 0 Å². The van der Waals surface area contributed by atoms with Crippen molar-refractivity contribution in [2.24, 2.45) is 27.9 Å². The summed E-state index contributed by atoms with van der Waals surface area (Å²) in [5, 5.41) is 32.3. The molecule has 0 aliphatic carbocycles. The summed E-state index contributed by atoms with van der Waals surface area (Å²) in [5.74, 6) is -10.6. The van der Waals surface area contributed by atoms with Crippen molar-refractivity contribution in [3.63, 3.8) is 0 Å². The number of aliphatic hydroxyl groups excluding tert-OH is 1. The van der Waals surface area contributed by atoms with Crippen LogP contribution in [0.5, 0.6) is 0 Å². The maximum atomic E-state index is 14.0. The highest BCUT2D eigenvalue weighted by Gasteiger charge is 2.53. The highest BCUT2D eigenvalue weighted by molar-refractivity contribution is 5.95. The van der Waals surface area contributed by atoms with Gasteiger partial charge >= 0.3 is 29.8 Å². The van der Waals surface area contributed by atoms with E-state index in [0.717, 1.165) is 27.7 Å². The van der Waals surface area contributed by atoms with Gasteiger partial charge in [0.2, 0.25) is 35.4 Å². The lowest BCUT2D eigenvalue weighted by molar-refractivity contribution is -0.306. The average Bonchev–Trinajstić information content (AvgIpc) is 3.29. The number of unbranched alkanes of at least 4 members (excludes halogenated alkanes) is 2. The molecule has 1 fully saturated rings. The summed E-state index contributed by atoms with van der Waals surface area (Å²) in [6.07, 6.45) is -6.37. The molecule has 0 aromatic carbocycles. The van der Waals surface area contributed by atoms with Gasteiger partial charge in [0, 0.05) is 34.2 Å². The molecule has 71 heavy (non-hydrogen) atoms. The van der Waals surface area contributed by atoms with Gasteiger partial charge in [-0.05, 0) is 64.5 Å². The normalized spacial score (nSPS) is 18.8. The Morgan fingerprint density at radius 1 is 0.592 bits per heavy atom. The summed E-state index contributed by atoms with van der Waals surface area (Å²) < 4.78 is 32.7. The lowest BCUT2D eigenvalue weighted by Gasteiger charge is -2.43. The molecule has 402 valence electrons. The third kappa shape index (κ3) is 25.6. The molecule has 1 heterocycles. The Morgan fingerprint density at radius 2 is 1.08 bits per heavy atom. The van der Waals surface area contributed by atoms with Gasteiger partial charge < -0.3 is 93.5 Å². The van der Waals surface area contributed by atoms with E-state index < -0.39 is 153 Å². The second kappa shape index (κ2) is 33.7. The van der Waals surface area contributed by atoms with Gasteiger partial charge in [-0.1, -0.05) is 0 Å². The highest BCUT2D eigenvalue weighted by atomic mass is 16.7. The minimum Gasteiger partial charge on any atom is -0.480 e. The molecule has 0 saturated carbocycles. The number of carbonyl (C=O) groups is 11. The van der Waals surface area contributed by atoms with Gasteiger partial charge in [-0.3, -0.25) is 52.9 Å². The Kier molecular flexibility index (Phi) is 29.6. The van der Waals surface area contributed by atoms with Crippen LogP contribution >= 0.6 is 0 Å². The Bertz CT molecular complexity index is 1850. The fraction of sp³-hybridized carbons (Fsp3) is 0.707. The Hall–Kier alpha value is -6.76. The molecule has 0 radical (unpaired) electrons. The van der Waals surface area contributed by atoms with E-state index in [4.69, 9.17) is 61.6 Å². The molecule has 6 amide bonds. The molecule has 1 aliphatic rings. The van der Waals surface area contributed by atoms with Gasteiger partial charge in [0.15, 0.2) is 30.6 Å². The topological polar surface area (TPSA) is 472 Å². The van der Waals surface area contributed by atoms with Crippen LogP contribution in [0.1, 0.15) is 79.1 Å². The summed E-state index contributed by atoms with van der Waals surface area (Å²) in [6.45, 7) is 0.847. The number of ether oxygens (including phenoxy) is 6. The molecule has 30 nitrogen and oxygen atoms in total. The average molecular weight is 1020 g/mol. The number of carbonyl (C=O) groups excluding carboxylic acids is 10. The number of hydrogen-bond donors (Lipinski definition) is 12. The van der Waals surface area contributed by atoms with Gasteiger partial charge in [-0.2, -0.15) is 0 Å². The number of carboxylic acids is 1. The van der Waals surface area contributed by atoms with Gasteiger partial charge in [0.1, 0.15) is 43.5 Å². The number of rotatable bonds is 33. The molecular formula is C41H69N11O19.